The third-order valence-corrected chi connectivity index (χ3v) is 4.19. The van der Waals surface area contributed by atoms with Crippen LogP contribution in [0.4, 0.5) is 0 Å². The molecule has 0 amide bonds. The van der Waals surface area contributed by atoms with Crippen molar-refractivity contribution in [2.45, 2.75) is 25.3 Å². The van der Waals surface area contributed by atoms with E-state index in [4.69, 9.17) is 4.42 Å². The van der Waals surface area contributed by atoms with Crippen LogP contribution in [0.1, 0.15) is 36.6 Å². The van der Waals surface area contributed by atoms with Gasteiger partial charge in [0.1, 0.15) is 5.76 Å². The molecule has 1 aliphatic heterocycles. The van der Waals surface area contributed by atoms with E-state index >= 15 is 0 Å². The monoisotopic (exact) mass is 284 g/mol. The third kappa shape index (κ3) is 3.96. The second kappa shape index (κ2) is 7.43. The van der Waals surface area contributed by atoms with Crippen LogP contribution < -0.4 is 5.32 Å². The molecule has 0 spiro atoms. The van der Waals surface area contributed by atoms with Crippen LogP contribution in [0, 0.1) is 0 Å². The van der Waals surface area contributed by atoms with Crippen molar-refractivity contribution in [1.82, 2.24) is 10.2 Å². The maximum atomic E-state index is 5.62. The topological polar surface area (TPSA) is 28.4 Å². The zero-order valence-corrected chi connectivity index (χ0v) is 12.5. The summed E-state index contributed by atoms with van der Waals surface area (Å²) in [6.07, 6.45) is 5.83. The predicted octanol–water partition coefficient (Wildman–Crippen LogP) is 3.44. The molecule has 1 N–H and O–H groups in total. The van der Waals surface area contributed by atoms with Gasteiger partial charge in [0, 0.05) is 13.1 Å². The Bertz CT molecular complexity index is 503. The highest BCUT2D eigenvalue weighted by Gasteiger charge is 2.16. The van der Waals surface area contributed by atoms with E-state index in [2.05, 4.69) is 40.5 Å². The first-order valence-electron chi connectivity index (χ1n) is 7.97. The first kappa shape index (κ1) is 14.4. The number of hydrogen-bond acceptors (Lipinski definition) is 3. The molecule has 1 aliphatic rings. The molecule has 0 radical (unpaired) electrons. The first-order chi connectivity index (χ1) is 10.4. The van der Waals surface area contributed by atoms with Crippen molar-refractivity contribution in [2.24, 2.45) is 0 Å². The molecule has 21 heavy (non-hydrogen) atoms. The summed E-state index contributed by atoms with van der Waals surface area (Å²) in [5, 5.41) is 3.65. The number of rotatable bonds is 6. The fraction of sp³-hybridized carbons (Fsp3) is 0.444. The molecule has 3 nitrogen and oxygen atoms in total. The lowest BCUT2D eigenvalue weighted by Gasteiger charge is -2.27. The number of likely N-dealkylation sites (tertiary alicyclic amines) is 1. The highest BCUT2D eigenvalue weighted by atomic mass is 16.3. The first-order valence-corrected chi connectivity index (χ1v) is 7.97. The number of nitrogens with zero attached hydrogens (tertiary/aromatic N) is 1. The van der Waals surface area contributed by atoms with Crippen molar-refractivity contribution in [3.05, 3.63) is 60.1 Å². The van der Waals surface area contributed by atoms with Crippen molar-refractivity contribution >= 4 is 0 Å². The SMILES string of the molecule is c1ccc(C(NCCN2CCCCC2)c2ccco2)cc1. The Morgan fingerprint density at radius 1 is 1.00 bits per heavy atom. The second-order valence-electron chi connectivity index (χ2n) is 5.72. The van der Waals surface area contributed by atoms with Crippen LogP contribution in [-0.4, -0.2) is 31.1 Å². The summed E-state index contributed by atoms with van der Waals surface area (Å²) in [7, 11) is 0. The van der Waals surface area contributed by atoms with E-state index < -0.39 is 0 Å². The van der Waals surface area contributed by atoms with Crippen LogP contribution in [-0.2, 0) is 0 Å². The van der Waals surface area contributed by atoms with Gasteiger partial charge in [-0.05, 0) is 43.6 Å². The van der Waals surface area contributed by atoms with Gasteiger partial charge in [-0.15, -0.1) is 0 Å². The van der Waals surface area contributed by atoms with Gasteiger partial charge in [-0.1, -0.05) is 36.8 Å². The number of hydrogen-bond donors (Lipinski definition) is 1. The molecule has 3 rings (SSSR count). The number of furan rings is 1. The smallest absolute Gasteiger partial charge is 0.125 e. The fourth-order valence-corrected chi connectivity index (χ4v) is 3.03. The van der Waals surface area contributed by atoms with Crippen molar-refractivity contribution in [3.8, 4) is 0 Å². The van der Waals surface area contributed by atoms with Crippen molar-refractivity contribution in [2.75, 3.05) is 26.2 Å². The highest BCUT2D eigenvalue weighted by Crippen LogP contribution is 2.22. The molecule has 0 bridgehead atoms. The maximum absolute atomic E-state index is 5.62. The summed E-state index contributed by atoms with van der Waals surface area (Å²) in [5.41, 5.74) is 1.26. The van der Waals surface area contributed by atoms with E-state index in [0.29, 0.717) is 0 Å². The van der Waals surface area contributed by atoms with Crippen LogP contribution in [0.3, 0.4) is 0 Å². The standard InChI is InChI=1S/C18H24N2O/c1-3-8-16(9-4-1)18(17-10-7-15-21-17)19-11-14-20-12-5-2-6-13-20/h1,3-4,7-10,15,18-19H,2,5-6,11-14H2. The molecule has 1 aromatic heterocycles. The molecule has 1 aromatic carbocycles. The predicted molar refractivity (Wildman–Crippen MR) is 85.3 cm³/mol. The molecule has 1 fully saturated rings. The minimum Gasteiger partial charge on any atom is -0.467 e. The molecule has 0 aliphatic carbocycles. The summed E-state index contributed by atoms with van der Waals surface area (Å²) in [6.45, 7) is 4.60. The van der Waals surface area contributed by atoms with E-state index in [9.17, 15) is 0 Å². The average Bonchev–Trinajstić information content (AvgIpc) is 3.07. The molecular formula is C18H24N2O. The minimum absolute atomic E-state index is 0.144. The van der Waals surface area contributed by atoms with Crippen molar-refractivity contribution in [1.29, 1.82) is 0 Å². The largest absolute Gasteiger partial charge is 0.467 e. The summed E-state index contributed by atoms with van der Waals surface area (Å²) in [5.74, 6) is 0.986. The van der Waals surface area contributed by atoms with Crippen LogP contribution in [0.25, 0.3) is 0 Å². The van der Waals surface area contributed by atoms with Gasteiger partial charge in [0.15, 0.2) is 0 Å². The Labute approximate surface area is 127 Å². The average molecular weight is 284 g/mol. The second-order valence-corrected chi connectivity index (χ2v) is 5.72. The van der Waals surface area contributed by atoms with Gasteiger partial charge in [-0.3, -0.25) is 0 Å². The maximum Gasteiger partial charge on any atom is 0.125 e. The lowest BCUT2D eigenvalue weighted by atomic mass is 10.0. The van der Waals surface area contributed by atoms with Gasteiger partial charge in [-0.2, -0.15) is 0 Å². The van der Waals surface area contributed by atoms with Crippen LogP contribution >= 0.6 is 0 Å². The molecule has 3 heteroatoms. The Balaban J connectivity index is 1.60. The molecule has 1 unspecified atom stereocenters. The lowest BCUT2D eigenvalue weighted by Crippen LogP contribution is -2.37. The van der Waals surface area contributed by atoms with E-state index in [1.165, 1.54) is 37.9 Å². The van der Waals surface area contributed by atoms with Crippen molar-refractivity contribution in [3.63, 3.8) is 0 Å². The van der Waals surface area contributed by atoms with Crippen LogP contribution in [0.5, 0.6) is 0 Å². The highest BCUT2D eigenvalue weighted by molar-refractivity contribution is 5.26. The quantitative estimate of drug-likeness (QED) is 0.880. The van der Waals surface area contributed by atoms with Crippen LogP contribution in [0.15, 0.2) is 53.1 Å². The summed E-state index contributed by atoms with van der Waals surface area (Å²) in [6, 6.07) is 14.7. The van der Waals surface area contributed by atoms with E-state index in [1.54, 1.807) is 6.26 Å². The van der Waals surface area contributed by atoms with Crippen LogP contribution in [0.2, 0.25) is 0 Å². The summed E-state index contributed by atoms with van der Waals surface area (Å²) >= 11 is 0. The van der Waals surface area contributed by atoms with Gasteiger partial charge < -0.3 is 14.6 Å². The molecule has 2 heterocycles. The Morgan fingerprint density at radius 2 is 1.81 bits per heavy atom. The van der Waals surface area contributed by atoms with Gasteiger partial charge in [0.2, 0.25) is 0 Å². The zero-order valence-electron chi connectivity index (χ0n) is 12.5. The molecule has 1 saturated heterocycles. The van der Waals surface area contributed by atoms with E-state index in [1.807, 2.05) is 12.1 Å². The normalized spacial score (nSPS) is 17.7. The van der Waals surface area contributed by atoms with E-state index in [-0.39, 0.29) is 6.04 Å². The molecule has 2 aromatic rings. The summed E-state index contributed by atoms with van der Waals surface area (Å²) in [4.78, 5) is 2.56. The number of piperidine rings is 1. The molecular weight excluding hydrogens is 260 g/mol. The lowest BCUT2D eigenvalue weighted by molar-refractivity contribution is 0.226. The number of nitrogens with one attached hydrogen (secondary N) is 1. The zero-order chi connectivity index (χ0) is 14.3. The van der Waals surface area contributed by atoms with E-state index in [0.717, 1.165) is 18.8 Å². The fourth-order valence-electron chi connectivity index (χ4n) is 3.03. The van der Waals surface area contributed by atoms with Crippen molar-refractivity contribution < 1.29 is 4.42 Å². The third-order valence-electron chi connectivity index (χ3n) is 4.19. The Morgan fingerprint density at radius 3 is 2.52 bits per heavy atom. The molecule has 112 valence electrons. The molecule has 0 saturated carbocycles. The molecule has 1 atom stereocenters. The van der Waals surface area contributed by atoms with Gasteiger partial charge in [0.25, 0.3) is 0 Å². The Hall–Kier alpha value is -1.58. The minimum atomic E-state index is 0.144. The number of benzene rings is 1. The van der Waals surface area contributed by atoms with Gasteiger partial charge in [0.05, 0.1) is 12.3 Å². The van der Waals surface area contributed by atoms with Gasteiger partial charge in [-0.25, -0.2) is 0 Å². The Kier molecular flexibility index (Phi) is 5.08. The van der Waals surface area contributed by atoms with Gasteiger partial charge >= 0.3 is 0 Å². The summed E-state index contributed by atoms with van der Waals surface area (Å²) < 4.78 is 5.62.